The van der Waals surface area contributed by atoms with Gasteiger partial charge in [0.2, 0.25) is 0 Å². The third-order valence-electron chi connectivity index (χ3n) is 7.23. The van der Waals surface area contributed by atoms with Gasteiger partial charge in [0.15, 0.2) is 11.5 Å². The number of fused-ring (bicyclic) bond motifs is 1. The molecule has 1 saturated heterocycles. The van der Waals surface area contributed by atoms with Gasteiger partial charge in [-0.05, 0) is 72.4 Å². The second-order valence-corrected chi connectivity index (χ2v) is 9.64. The summed E-state index contributed by atoms with van der Waals surface area (Å²) in [4.78, 5) is 17.5. The first kappa shape index (κ1) is 26.5. The molecule has 1 aliphatic rings. The van der Waals surface area contributed by atoms with Crippen molar-refractivity contribution in [2.24, 2.45) is 0 Å². The lowest BCUT2D eigenvalue weighted by Crippen LogP contribution is -2.43. The van der Waals surface area contributed by atoms with Crippen LogP contribution in [0.3, 0.4) is 0 Å². The molecule has 39 heavy (non-hydrogen) atoms. The van der Waals surface area contributed by atoms with E-state index in [1.165, 1.54) is 14.2 Å². The number of aromatic nitrogens is 1. The Morgan fingerprint density at radius 3 is 2.51 bits per heavy atom. The summed E-state index contributed by atoms with van der Waals surface area (Å²) in [6.07, 6.45) is -2.44. The summed E-state index contributed by atoms with van der Waals surface area (Å²) in [5.41, 5.74) is 2.79. The van der Waals surface area contributed by atoms with Crippen LogP contribution in [0.25, 0.3) is 22.2 Å². The van der Waals surface area contributed by atoms with Crippen LogP contribution in [-0.2, 0) is 13.0 Å². The number of alkyl halides is 3. The number of methoxy groups -OCH3 is 2. The van der Waals surface area contributed by atoms with Gasteiger partial charge in [-0.15, -0.1) is 0 Å². The molecule has 0 saturated carbocycles. The Morgan fingerprint density at radius 2 is 1.85 bits per heavy atom. The standard InChI is InChI=1S/C29H30F3N3O4/c1-37-25-8-6-20(15-26(25)38-2)27-23(16-29(30,31)32)22-14-19(5-7-24(22)34-27)18-9-11-35(12-10-18)28(36)33-17-21-4-3-13-39-21/h3-8,13-15,18,34H,9-12,16-17H2,1-2H3,(H,33,36). The van der Waals surface area contributed by atoms with Crippen molar-refractivity contribution >= 4 is 16.9 Å². The molecule has 0 radical (unpaired) electrons. The molecule has 2 aromatic carbocycles. The van der Waals surface area contributed by atoms with Gasteiger partial charge in [-0.25, -0.2) is 4.79 Å². The second kappa shape index (κ2) is 11.0. The van der Waals surface area contributed by atoms with E-state index in [0.29, 0.717) is 59.1 Å². The molecule has 0 spiro atoms. The SMILES string of the molecule is COc1ccc(-c2[nH]c3ccc(C4CCN(C(=O)NCc5ccco5)CC4)cc3c2CC(F)(F)F)cc1OC. The Kier molecular flexibility index (Phi) is 7.45. The Bertz CT molecular complexity index is 1440. The van der Waals surface area contributed by atoms with Gasteiger partial charge < -0.3 is 29.1 Å². The minimum Gasteiger partial charge on any atom is -0.493 e. The van der Waals surface area contributed by atoms with Crippen LogP contribution in [0.4, 0.5) is 18.0 Å². The highest BCUT2D eigenvalue weighted by atomic mass is 19.4. The van der Waals surface area contributed by atoms with Gasteiger partial charge in [-0.1, -0.05) is 6.07 Å². The maximum absolute atomic E-state index is 13.7. The van der Waals surface area contributed by atoms with E-state index in [2.05, 4.69) is 10.3 Å². The van der Waals surface area contributed by atoms with Crippen molar-refractivity contribution < 1.29 is 31.9 Å². The first-order valence-electron chi connectivity index (χ1n) is 12.7. The van der Waals surface area contributed by atoms with Crippen molar-refractivity contribution in [3.8, 4) is 22.8 Å². The summed E-state index contributed by atoms with van der Waals surface area (Å²) in [5.74, 6) is 1.76. The molecule has 0 atom stereocenters. The molecule has 2 N–H and O–H groups in total. The fraction of sp³-hybridized carbons (Fsp3) is 0.345. The third kappa shape index (κ3) is 5.84. The van der Waals surface area contributed by atoms with Crippen molar-refractivity contribution in [3.05, 3.63) is 71.7 Å². The van der Waals surface area contributed by atoms with Crippen LogP contribution in [0, 0.1) is 0 Å². The number of nitrogens with zero attached hydrogens (tertiary/aromatic N) is 1. The summed E-state index contributed by atoms with van der Waals surface area (Å²) < 4.78 is 57.1. The van der Waals surface area contributed by atoms with Crippen molar-refractivity contribution in [3.63, 3.8) is 0 Å². The van der Waals surface area contributed by atoms with E-state index < -0.39 is 12.6 Å². The number of benzene rings is 2. The molecule has 1 aliphatic heterocycles. The predicted molar refractivity (Wildman–Crippen MR) is 141 cm³/mol. The summed E-state index contributed by atoms with van der Waals surface area (Å²) in [5, 5.41) is 3.41. The molecule has 0 aliphatic carbocycles. The summed E-state index contributed by atoms with van der Waals surface area (Å²) >= 11 is 0. The Morgan fingerprint density at radius 1 is 1.08 bits per heavy atom. The number of carbonyl (C=O) groups is 1. The highest BCUT2D eigenvalue weighted by molar-refractivity contribution is 5.92. The zero-order valence-corrected chi connectivity index (χ0v) is 21.7. The normalized spacial score (nSPS) is 14.5. The van der Waals surface area contributed by atoms with Gasteiger partial charge in [0.25, 0.3) is 0 Å². The van der Waals surface area contributed by atoms with Gasteiger partial charge in [-0.3, -0.25) is 0 Å². The number of likely N-dealkylation sites (tertiary alicyclic amines) is 1. The van der Waals surface area contributed by atoms with E-state index >= 15 is 0 Å². The lowest BCUT2D eigenvalue weighted by molar-refractivity contribution is -0.126. The van der Waals surface area contributed by atoms with Gasteiger partial charge in [0, 0.05) is 29.6 Å². The van der Waals surface area contributed by atoms with E-state index in [0.717, 1.165) is 18.4 Å². The maximum Gasteiger partial charge on any atom is 0.393 e. The molecule has 206 valence electrons. The lowest BCUT2D eigenvalue weighted by atomic mass is 9.88. The molecule has 7 nitrogen and oxygen atoms in total. The summed E-state index contributed by atoms with van der Waals surface area (Å²) in [6, 6.07) is 14.2. The number of rotatable bonds is 7. The number of halogens is 3. The van der Waals surface area contributed by atoms with Crippen LogP contribution in [-0.4, -0.2) is 49.4 Å². The third-order valence-corrected chi connectivity index (χ3v) is 7.23. The van der Waals surface area contributed by atoms with Gasteiger partial charge in [0.05, 0.1) is 39.1 Å². The van der Waals surface area contributed by atoms with E-state index in [1.54, 1.807) is 41.5 Å². The van der Waals surface area contributed by atoms with E-state index in [9.17, 15) is 18.0 Å². The largest absolute Gasteiger partial charge is 0.493 e. The molecule has 0 unspecified atom stereocenters. The first-order chi connectivity index (χ1) is 18.8. The number of nitrogens with one attached hydrogen (secondary N) is 2. The van der Waals surface area contributed by atoms with E-state index in [-0.39, 0.29) is 17.5 Å². The first-order valence-corrected chi connectivity index (χ1v) is 12.7. The van der Waals surface area contributed by atoms with Gasteiger partial charge in [-0.2, -0.15) is 13.2 Å². The monoisotopic (exact) mass is 541 g/mol. The van der Waals surface area contributed by atoms with Crippen LogP contribution < -0.4 is 14.8 Å². The summed E-state index contributed by atoms with van der Waals surface area (Å²) in [7, 11) is 3.00. The van der Waals surface area contributed by atoms with E-state index in [4.69, 9.17) is 13.9 Å². The molecule has 10 heteroatoms. The smallest absolute Gasteiger partial charge is 0.393 e. The molecular formula is C29H30F3N3O4. The Hall–Kier alpha value is -4.08. The number of furan rings is 1. The van der Waals surface area contributed by atoms with Crippen molar-refractivity contribution in [1.82, 2.24) is 15.2 Å². The number of hydrogen-bond acceptors (Lipinski definition) is 4. The number of carbonyl (C=O) groups excluding carboxylic acids is 1. The van der Waals surface area contributed by atoms with Crippen molar-refractivity contribution in [2.75, 3.05) is 27.3 Å². The quantitative estimate of drug-likeness (QED) is 0.275. The minimum absolute atomic E-state index is 0.140. The topological polar surface area (TPSA) is 79.7 Å². The average molecular weight is 542 g/mol. The molecule has 2 amide bonds. The van der Waals surface area contributed by atoms with E-state index in [1.807, 2.05) is 18.2 Å². The zero-order chi connectivity index (χ0) is 27.6. The van der Waals surface area contributed by atoms with Crippen LogP contribution in [0.5, 0.6) is 11.5 Å². The minimum atomic E-state index is -4.38. The molecule has 1 fully saturated rings. The van der Waals surface area contributed by atoms with Gasteiger partial charge >= 0.3 is 12.2 Å². The number of urea groups is 1. The van der Waals surface area contributed by atoms with Gasteiger partial charge in [0.1, 0.15) is 5.76 Å². The Balaban J connectivity index is 1.38. The fourth-order valence-corrected chi connectivity index (χ4v) is 5.25. The van der Waals surface area contributed by atoms with Crippen LogP contribution in [0.2, 0.25) is 0 Å². The average Bonchev–Trinajstić information content (AvgIpc) is 3.58. The highest BCUT2D eigenvalue weighted by Crippen LogP contribution is 2.40. The predicted octanol–water partition coefficient (Wildman–Crippen LogP) is 6.64. The number of piperidine rings is 1. The molecule has 2 aromatic heterocycles. The van der Waals surface area contributed by atoms with Crippen LogP contribution in [0.15, 0.2) is 59.2 Å². The van der Waals surface area contributed by atoms with Crippen molar-refractivity contribution in [2.45, 2.75) is 37.9 Å². The number of H-pyrrole nitrogens is 1. The Labute approximate surface area is 223 Å². The molecule has 5 rings (SSSR count). The summed E-state index contributed by atoms with van der Waals surface area (Å²) in [6.45, 7) is 1.44. The number of hydrogen-bond donors (Lipinski definition) is 2. The number of amides is 2. The number of aromatic amines is 1. The zero-order valence-electron chi connectivity index (χ0n) is 21.7. The van der Waals surface area contributed by atoms with Crippen LogP contribution in [0.1, 0.15) is 35.6 Å². The van der Waals surface area contributed by atoms with Crippen molar-refractivity contribution in [1.29, 1.82) is 0 Å². The lowest BCUT2D eigenvalue weighted by Gasteiger charge is -2.32. The molecular weight excluding hydrogens is 511 g/mol. The maximum atomic E-state index is 13.7. The highest BCUT2D eigenvalue weighted by Gasteiger charge is 2.32. The molecule has 3 heterocycles. The van der Waals surface area contributed by atoms with Crippen LogP contribution >= 0.6 is 0 Å². The fourth-order valence-electron chi connectivity index (χ4n) is 5.25. The molecule has 4 aromatic rings. The number of ether oxygens (including phenoxy) is 2. The molecule has 0 bridgehead atoms. The second-order valence-electron chi connectivity index (χ2n) is 9.64.